The summed E-state index contributed by atoms with van der Waals surface area (Å²) in [5.41, 5.74) is 1.66. The van der Waals surface area contributed by atoms with E-state index in [2.05, 4.69) is 5.32 Å². The van der Waals surface area contributed by atoms with Crippen molar-refractivity contribution >= 4 is 17.5 Å². The molecule has 1 atom stereocenters. The Bertz CT molecular complexity index is 619. The molecular weight excluding hydrogens is 340 g/mol. The van der Waals surface area contributed by atoms with Crippen LogP contribution in [0, 0.1) is 5.41 Å². The minimum atomic E-state index is -0.0469. The van der Waals surface area contributed by atoms with E-state index in [-0.39, 0.29) is 29.9 Å². The minimum Gasteiger partial charge on any atom is -0.396 e. The maximum atomic E-state index is 12.8. The highest BCUT2D eigenvalue weighted by molar-refractivity contribution is 5.91. The third-order valence-electron chi connectivity index (χ3n) is 4.94. The molecule has 2 amide bonds. The lowest BCUT2D eigenvalue weighted by molar-refractivity contribution is -0.133. The van der Waals surface area contributed by atoms with Gasteiger partial charge in [0.1, 0.15) is 0 Å². The van der Waals surface area contributed by atoms with Crippen LogP contribution in [0.1, 0.15) is 64.9 Å². The molecule has 1 aliphatic rings. The minimum absolute atomic E-state index is 0.00254. The Labute approximate surface area is 163 Å². The number of nitrogens with zero attached hydrogens (tertiary/aromatic N) is 1. The van der Waals surface area contributed by atoms with Crippen molar-refractivity contribution in [1.82, 2.24) is 4.90 Å². The molecule has 5 nitrogen and oxygen atoms in total. The lowest BCUT2D eigenvalue weighted by Gasteiger charge is -2.30. The third-order valence-corrected chi connectivity index (χ3v) is 4.94. The SMILES string of the molecule is CC(C)(C)CC(=O)Nc1ccc(CC(=O)N2CCCCCC2CCO)cc1. The molecule has 1 unspecified atom stereocenters. The Morgan fingerprint density at radius 1 is 1.15 bits per heavy atom. The van der Waals surface area contributed by atoms with Crippen LogP contribution in [-0.2, 0) is 16.0 Å². The fourth-order valence-corrected chi connectivity index (χ4v) is 3.62. The van der Waals surface area contributed by atoms with Crippen molar-refractivity contribution < 1.29 is 14.7 Å². The summed E-state index contributed by atoms with van der Waals surface area (Å²) in [5, 5.41) is 12.2. The summed E-state index contributed by atoms with van der Waals surface area (Å²) >= 11 is 0. The zero-order valence-electron chi connectivity index (χ0n) is 17.0. The van der Waals surface area contributed by atoms with Crippen LogP contribution in [0.25, 0.3) is 0 Å². The molecular formula is C22H34N2O3. The van der Waals surface area contributed by atoms with Crippen LogP contribution in [0.4, 0.5) is 5.69 Å². The van der Waals surface area contributed by atoms with Gasteiger partial charge in [0.2, 0.25) is 11.8 Å². The largest absolute Gasteiger partial charge is 0.396 e. The molecule has 150 valence electrons. The van der Waals surface area contributed by atoms with Gasteiger partial charge in [-0.05, 0) is 42.4 Å². The molecule has 0 radical (unpaired) electrons. The molecule has 1 fully saturated rings. The zero-order valence-corrected chi connectivity index (χ0v) is 17.0. The van der Waals surface area contributed by atoms with Crippen molar-refractivity contribution in [1.29, 1.82) is 0 Å². The number of carbonyl (C=O) groups excluding carboxylic acids is 2. The molecule has 2 rings (SSSR count). The van der Waals surface area contributed by atoms with E-state index < -0.39 is 0 Å². The average Bonchev–Trinajstić information content (AvgIpc) is 2.81. The van der Waals surface area contributed by atoms with E-state index in [1.165, 1.54) is 0 Å². The van der Waals surface area contributed by atoms with Gasteiger partial charge >= 0.3 is 0 Å². The number of benzene rings is 1. The van der Waals surface area contributed by atoms with Crippen molar-refractivity contribution in [2.24, 2.45) is 5.41 Å². The zero-order chi connectivity index (χ0) is 19.9. The van der Waals surface area contributed by atoms with Crippen molar-refractivity contribution in [3.05, 3.63) is 29.8 Å². The number of aliphatic hydroxyl groups excluding tert-OH is 1. The van der Waals surface area contributed by atoms with Gasteiger partial charge in [0.05, 0.1) is 6.42 Å². The first-order valence-electron chi connectivity index (χ1n) is 10.1. The van der Waals surface area contributed by atoms with Crippen molar-refractivity contribution in [3.63, 3.8) is 0 Å². The van der Waals surface area contributed by atoms with E-state index in [0.29, 0.717) is 19.3 Å². The predicted molar refractivity (Wildman–Crippen MR) is 109 cm³/mol. The predicted octanol–water partition coefficient (Wildman–Crippen LogP) is 3.76. The quantitative estimate of drug-likeness (QED) is 0.796. The van der Waals surface area contributed by atoms with E-state index >= 15 is 0 Å². The Morgan fingerprint density at radius 3 is 2.48 bits per heavy atom. The first-order valence-corrected chi connectivity index (χ1v) is 10.1. The second-order valence-corrected chi connectivity index (χ2v) is 8.76. The molecule has 1 aliphatic heterocycles. The molecule has 1 heterocycles. The topological polar surface area (TPSA) is 69.6 Å². The lowest BCUT2D eigenvalue weighted by Crippen LogP contribution is -2.41. The van der Waals surface area contributed by atoms with Gasteiger partial charge < -0.3 is 15.3 Å². The van der Waals surface area contributed by atoms with Gasteiger partial charge in [0, 0.05) is 31.3 Å². The number of carbonyl (C=O) groups is 2. The van der Waals surface area contributed by atoms with Gasteiger partial charge in [-0.3, -0.25) is 9.59 Å². The first-order chi connectivity index (χ1) is 12.8. The van der Waals surface area contributed by atoms with Gasteiger partial charge in [-0.1, -0.05) is 45.7 Å². The highest BCUT2D eigenvalue weighted by atomic mass is 16.3. The van der Waals surface area contributed by atoms with Crippen molar-refractivity contribution in [2.45, 2.75) is 71.8 Å². The van der Waals surface area contributed by atoms with E-state index in [4.69, 9.17) is 0 Å². The van der Waals surface area contributed by atoms with Crippen LogP contribution in [0.15, 0.2) is 24.3 Å². The van der Waals surface area contributed by atoms with Gasteiger partial charge in [0.25, 0.3) is 0 Å². The maximum Gasteiger partial charge on any atom is 0.227 e. The van der Waals surface area contributed by atoms with Crippen molar-refractivity contribution in [3.8, 4) is 0 Å². The van der Waals surface area contributed by atoms with Crippen LogP contribution in [0.3, 0.4) is 0 Å². The van der Waals surface area contributed by atoms with Gasteiger partial charge in [-0.2, -0.15) is 0 Å². The van der Waals surface area contributed by atoms with E-state index in [1.807, 2.05) is 49.9 Å². The van der Waals surface area contributed by atoms with Crippen LogP contribution >= 0.6 is 0 Å². The van der Waals surface area contributed by atoms with Gasteiger partial charge in [-0.15, -0.1) is 0 Å². The molecule has 5 heteroatoms. The summed E-state index contributed by atoms with van der Waals surface area (Å²) in [4.78, 5) is 26.8. The third kappa shape index (κ3) is 7.33. The second-order valence-electron chi connectivity index (χ2n) is 8.76. The lowest BCUT2D eigenvalue weighted by atomic mass is 9.92. The summed E-state index contributed by atoms with van der Waals surface area (Å²) in [7, 11) is 0. The molecule has 0 spiro atoms. The Kier molecular flexibility index (Phi) is 7.84. The highest BCUT2D eigenvalue weighted by Crippen LogP contribution is 2.22. The number of aliphatic hydroxyl groups is 1. The molecule has 1 aromatic rings. The fraction of sp³-hybridized carbons (Fsp3) is 0.636. The number of likely N-dealkylation sites (tertiary alicyclic amines) is 1. The standard InChI is InChI=1S/C22H34N2O3/c1-22(2,3)16-20(26)23-18-10-8-17(9-11-18)15-21(27)24-13-6-4-5-7-19(24)12-14-25/h8-11,19,25H,4-7,12-16H2,1-3H3,(H,23,26). The summed E-state index contributed by atoms with van der Waals surface area (Å²) in [6.07, 6.45) is 5.76. The number of hydrogen-bond acceptors (Lipinski definition) is 3. The van der Waals surface area contributed by atoms with Crippen molar-refractivity contribution in [2.75, 3.05) is 18.5 Å². The molecule has 1 saturated heterocycles. The van der Waals surface area contributed by atoms with Crippen LogP contribution in [-0.4, -0.2) is 41.0 Å². The van der Waals surface area contributed by atoms with Crippen LogP contribution in [0.5, 0.6) is 0 Å². The van der Waals surface area contributed by atoms with E-state index in [0.717, 1.165) is 43.5 Å². The fourth-order valence-electron chi connectivity index (χ4n) is 3.62. The van der Waals surface area contributed by atoms with Crippen LogP contribution in [0.2, 0.25) is 0 Å². The molecule has 0 aliphatic carbocycles. The maximum absolute atomic E-state index is 12.8. The number of nitrogens with one attached hydrogen (secondary N) is 1. The number of rotatable bonds is 6. The van der Waals surface area contributed by atoms with E-state index in [1.54, 1.807) is 0 Å². The normalized spacial score (nSPS) is 18.1. The summed E-state index contributed by atoms with van der Waals surface area (Å²) in [6, 6.07) is 7.68. The van der Waals surface area contributed by atoms with Gasteiger partial charge in [0.15, 0.2) is 0 Å². The summed E-state index contributed by atoms with van der Waals surface area (Å²) in [5.74, 6) is 0.127. The molecule has 2 N–H and O–H groups in total. The highest BCUT2D eigenvalue weighted by Gasteiger charge is 2.25. The Balaban J connectivity index is 1.94. The molecule has 27 heavy (non-hydrogen) atoms. The molecule has 0 aromatic heterocycles. The Morgan fingerprint density at radius 2 is 1.85 bits per heavy atom. The van der Waals surface area contributed by atoms with Crippen LogP contribution < -0.4 is 5.32 Å². The molecule has 0 saturated carbocycles. The van der Waals surface area contributed by atoms with Gasteiger partial charge in [-0.25, -0.2) is 0 Å². The molecule has 1 aromatic carbocycles. The molecule has 0 bridgehead atoms. The Hall–Kier alpha value is -1.88. The summed E-state index contributed by atoms with van der Waals surface area (Å²) in [6.45, 7) is 7.01. The smallest absolute Gasteiger partial charge is 0.227 e. The number of amides is 2. The average molecular weight is 375 g/mol. The second kappa shape index (κ2) is 9.88. The number of hydrogen-bond donors (Lipinski definition) is 2. The monoisotopic (exact) mass is 374 g/mol. The number of anilines is 1. The summed E-state index contributed by atoms with van der Waals surface area (Å²) < 4.78 is 0. The first kappa shape index (κ1) is 21.4. The van der Waals surface area contributed by atoms with E-state index in [9.17, 15) is 14.7 Å².